The van der Waals surface area contributed by atoms with Crippen molar-refractivity contribution in [3.05, 3.63) is 100 Å². The topological polar surface area (TPSA) is 103 Å². The van der Waals surface area contributed by atoms with Gasteiger partial charge in [-0.15, -0.1) is 0 Å². The van der Waals surface area contributed by atoms with Crippen LogP contribution in [-0.2, 0) is 4.74 Å². The van der Waals surface area contributed by atoms with Crippen molar-refractivity contribution in [1.29, 1.82) is 0 Å². The van der Waals surface area contributed by atoms with E-state index in [1.165, 1.54) is 6.20 Å². The Morgan fingerprint density at radius 1 is 1.08 bits per heavy atom. The average molecular weight is 514 g/mol. The lowest BCUT2D eigenvalue weighted by Gasteiger charge is -2.37. The molecule has 9 nitrogen and oxygen atoms in total. The average Bonchev–Trinajstić information content (AvgIpc) is 3.53. The number of aromatic nitrogens is 3. The van der Waals surface area contributed by atoms with Crippen molar-refractivity contribution in [1.82, 2.24) is 19.7 Å². The lowest BCUT2D eigenvalue weighted by Crippen LogP contribution is -2.45. The molecule has 0 bridgehead atoms. The number of nitro groups is 1. The third-order valence-corrected chi connectivity index (χ3v) is 7.38. The first-order valence-corrected chi connectivity index (χ1v) is 12.4. The second-order valence-electron chi connectivity index (χ2n) is 9.65. The zero-order valence-electron chi connectivity index (χ0n) is 20.5. The predicted octanol–water partition coefficient (Wildman–Crippen LogP) is 5.92. The summed E-state index contributed by atoms with van der Waals surface area (Å²) in [7, 11) is 0. The lowest BCUT2D eigenvalue weighted by atomic mass is 9.99. The summed E-state index contributed by atoms with van der Waals surface area (Å²) in [6.07, 6.45) is 5.18. The second-order valence-corrected chi connectivity index (χ2v) is 9.65. The van der Waals surface area contributed by atoms with E-state index < -0.39 is 22.7 Å². The third-order valence-electron chi connectivity index (χ3n) is 7.38. The van der Waals surface area contributed by atoms with Gasteiger partial charge in [-0.05, 0) is 46.9 Å². The minimum atomic E-state index is -0.992. The van der Waals surface area contributed by atoms with E-state index in [9.17, 15) is 19.3 Å². The van der Waals surface area contributed by atoms with Crippen LogP contribution in [0.2, 0.25) is 0 Å². The molecule has 0 N–H and O–H groups in total. The van der Waals surface area contributed by atoms with Crippen LogP contribution in [0.25, 0.3) is 22.3 Å². The molecule has 1 amide bonds. The molecule has 0 spiro atoms. The van der Waals surface area contributed by atoms with Gasteiger partial charge in [0.25, 0.3) is 0 Å². The number of carbonyl (C=O) groups is 1. The number of pyridine rings is 1. The first kappa shape index (κ1) is 23.8. The van der Waals surface area contributed by atoms with E-state index in [0.29, 0.717) is 30.5 Å². The number of piperidine rings is 1. The van der Waals surface area contributed by atoms with Crippen LogP contribution in [0.3, 0.4) is 0 Å². The number of benzene rings is 2. The fraction of sp³-hybridized carbons (Fsp3) is 0.250. The Kier molecular flexibility index (Phi) is 5.86. The van der Waals surface area contributed by atoms with Crippen LogP contribution in [0, 0.1) is 15.9 Å². The quantitative estimate of drug-likeness (QED) is 0.248. The van der Waals surface area contributed by atoms with Gasteiger partial charge < -0.3 is 19.8 Å². The fourth-order valence-corrected chi connectivity index (χ4v) is 5.47. The number of halogens is 1. The Balaban J connectivity index is 1.14. The highest BCUT2D eigenvalue weighted by Gasteiger charge is 2.36. The van der Waals surface area contributed by atoms with E-state index in [1.54, 1.807) is 22.0 Å². The van der Waals surface area contributed by atoms with Gasteiger partial charge in [0.05, 0.1) is 12.2 Å². The molecule has 2 aliphatic rings. The van der Waals surface area contributed by atoms with E-state index in [0.717, 1.165) is 28.3 Å². The Morgan fingerprint density at radius 3 is 2.39 bits per heavy atom. The fourth-order valence-electron chi connectivity index (χ4n) is 5.47. The molecule has 2 aromatic heterocycles. The number of fused-ring (bicyclic) bond motifs is 3. The van der Waals surface area contributed by atoms with Gasteiger partial charge in [0.15, 0.2) is 6.10 Å². The third kappa shape index (κ3) is 4.07. The number of amides is 1. The summed E-state index contributed by atoms with van der Waals surface area (Å²) in [6, 6.07) is 17.0. The van der Waals surface area contributed by atoms with Gasteiger partial charge >= 0.3 is 11.9 Å². The molecule has 0 radical (unpaired) electrons. The smallest absolute Gasteiger partial charge is 0.410 e. The van der Waals surface area contributed by atoms with Crippen molar-refractivity contribution < 1.29 is 18.8 Å². The van der Waals surface area contributed by atoms with Crippen molar-refractivity contribution in [2.24, 2.45) is 0 Å². The van der Waals surface area contributed by atoms with E-state index in [2.05, 4.69) is 22.2 Å². The van der Waals surface area contributed by atoms with Crippen LogP contribution >= 0.6 is 0 Å². The molecule has 3 heterocycles. The molecule has 1 fully saturated rings. The van der Waals surface area contributed by atoms with E-state index >= 15 is 0 Å². The first-order valence-electron chi connectivity index (χ1n) is 12.4. The minimum Gasteiger partial charge on any atom is -0.436 e. The van der Waals surface area contributed by atoms with Gasteiger partial charge in [-0.2, -0.15) is 9.49 Å². The molecule has 0 saturated carbocycles. The number of nitrogens with zero attached hydrogens (tertiary/aromatic N) is 5. The zero-order chi connectivity index (χ0) is 26.4. The zero-order valence-corrected chi connectivity index (χ0v) is 20.5. The van der Waals surface area contributed by atoms with Crippen molar-refractivity contribution in [2.75, 3.05) is 6.54 Å². The molecule has 6 rings (SSSR count). The van der Waals surface area contributed by atoms with Gasteiger partial charge in [0, 0.05) is 41.0 Å². The van der Waals surface area contributed by atoms with E-state index in [4.69, 9.17) is 4.74 Å². The molecule has 2 atom stereocenters. The molecule has 4 aromatic rings. The highest BCUT2D eigenvalue weighted by Crippen LogP contribution is 2.45. The maximum absolute atomic E-state index is 14.0. The monoisotopic (exact) mass is 513 g/mol. The van der Waals surface area contributed by atoms with Crippen LogP contribution < -0.4 is 0 Å². The standard InChI is InChI=1S/C28H24FN5O4/c1-17-12-20(33-16-19(15-31-33)18-13-25(29)27(30-14-18)34(36)37)10-11-32(17)28(35)38-26-23-8-4-2-6-21(23)22-7-3-5-9-24(22)26/h2-9,13-17,20,26H,10-12H2,1H3. The number of ether oxygens (including phenoxy) is 1. The Hall–Kier alpha value is -4.60. The normalized spacial score (nSPS) is 18.6. The summed E-state index contributed by atoms with van der Waals surface area (Å²) < 4.78 is 21.9. The SMILES string of the molecule is CC1CC(n2cc(-c3cnc([N+](=O)[O-])c(F)c3)cn2)CCN1C(=O)OC1c2ccccc2-c2ccccc21. The number of carbonyl (C=O) groups excluding carboxylic acids is 1. The van der Waals surface area contributed by atoms with Crippen LogP contribution in [0.15, 0.2) is 73.2 Å². The van der Waals surface area contributed by atoms with Crippen molar-refractivity contribution >= 4 is 11.9 Å². The van der Waals surface area contributed by atoms with Crippen LogP contribution in [0.5, 0.6) is 0 Å². The predicted molar refractivity (Wildman–Crippen MR) is 137 cm³/mol. The summed E-state index contributed by atoms with van der Waals surface area (Å²) >= 11 is 0. The highest BCUT2D eigenvalue weighted by atomic mass is 19.1. The van der Waals surface area contributed by atoms with Gasteiger partial charge in [0.2, 0.25) is 5.82 Å². The largest absolute Gasteiger partial charge is 0.436 e. The molecule has 1 saturated heterocycles. The molecule has 1 aliphatic carbocycles. The van der Waals surface area contributed by atoms with Crippen molar-refractivity contribution in [2.45, 2.75) is 38.0 Å². The molecule has 2 aromatic carbocycles. The number of hydrogen-bond donors (Lipinski definition) is 0. The Labute approximate surface area is 217 Å². The second kappa shape index (κ2) is 9.37. The Bertz CT molecular complexity index is 1510. The van der Waals surface area contributed by atoms with Crippen LogP contribution in [-0.4, -0.2) is 43.3 Å². The first-order chi connectivity index (χ1) is 18.4. The maximum atomic E-state index is 14.0. The summed E-state index contributed by atoms with van der Waals surface area (Å²) in [4.78, 5) is 28.7. The van der Waals surface area contributed by atoms with Crippen molar-refractivity contribution in [3.63, 3.8) is 0 Å². The highest BCUT2D eigenvalue weighted by molar-refractivity contribution is 5.80. The molecular weight excluding hydrogens is 489 g/mol. The number of likely N-dealkylation sites (tertiary alicyclic amines) is 1. The summed E-state index contributed by atoms with van der Waals surface area (Å²) in [5, 5.41) is 15.3. The van der Waals surface area contributed by atoms with Gasteiger partial charge in [0.1, 0.15) is 6.20 Å². The molecule has 2 unspecified atom stereocenters. The van der Waals surface area contributed by atoms with Crippen LogP contribution in [0.4, 0.5) is 15.0 Å². The lowest BCUT2D eigenvalue weighted by molar-refractivity contribution is -0.392. The molecular formula is C28H24FN5O4. The van der Waals surface area contributed by atoms with E-state index in [-0.39, 0.29) is 18.2 Å². The van der Waals surface area contributed by atoms with Gasteiger partial charge in [-0.25, -0.2) is 4.79 Å². The molecule has 1 aliphatic heterocycles. The number of rotatable bonds is 4. The Morgan fingerprint density at radius 2 is 1.76 bits per heavy atom. The molecule has 192 valence electrons. The summed E-state index contributed by atoms with van der Waals surface area (Å²) in [6.45, 7) is 2.49. The minimum absolute atomic E-state index is 0.0339. The number of hydrogen-bond acceptors (Lipinski definition) is 6. The van der Waals surface area contributed by atoms with Gasteiger partial charge in [-0.3, -0.25) is 4.68 Å². The molecule has 38 heavy (non-hydrogen) atoms. The van der Waals surface area contributed by atoms with Crippen molar-refractivity contribution in [3.8, 4) is 22.3 Å². The van der Waals surface area contributed by atoms with E-state index in [1.807, 2.05) is 43.3 Å². The van der Waals surface area contributed by atoms with Gasteiger partial charge in [-0.1, -0.05) is 48.5 Å². The summed E-state index contributed by atoms with van der Waals surface area (Å²) in [5.74, 6) is -1.80. The maximum Gasteiger partial charge on any atom is 0.410 e. The summed E-state index contributed by atoms with van der Waals surface area (Å²) in [5.41, 5.74) is 5.18. The van der Waals surface area contributed by atoms with Crippen LogP contribution in [0.1, 0.15) is 43.0 Å². The molecule has 10 heteroatoms.